The van der Waals surface area contributed by atoms with Crippen LogP contribution in [0.5, 0.6) is 0 Å². The third kappa shape index (κ3) is 5.14. The van der Waals surface area contributed by atoms with E-state index in [0.717, 1.165) is 0 Å². The summed E-state index contributed by atoms with van der Waals surface area (Å²) < 4.78 is 15.0. The number of carboxylic acids is 2. The van der Waals surface area contributed by atoms with Gasteiger partial charge in [-0.05, 0) is 0 Å². The zero-order chi connectivity index (χ0) is 14.8. The van der Waals surface area contributed by atoms with Crippen molar-refractivity contribution in [1.29, 1.82) is 0 Å². The van der Waals surface area contributed by atoms with Crippen LogP contribution >= 0.6 is 0 Å². The Balaban J connectivity index is 0. The molecule has 0 radical (unpaired) electrons. The number of esters is 4. The number of carboxylic acid groups (broad SMARTS) is 2. The molecule has 0 aromatic rings. The van der Waals surface area contributed by atoms with Crippen LogP contribution in [-0.2, 0) is 47.7 Å². The van der Waals surface area contributed by atoms with Crippen LogP contribution in [0.15, 0.2) is 0 Å². The summed E-state index contributed by atoms with van der Waals surface area (Å²) in [6, 6.07) is 0. The van der Waals surface area contributed by atoms with E-state index in [9.17, 15) is 39.0 Å². The van der Waals surface area contributed by atoms with Crippen molar-refractivity contribution in [1.82, 2.24) is 0 Å². The van der Waals surface area contributed by atoms with Gasteiger partial charge in [0.15, 0.2) is 11.9 Å². The van der Waals surface area contributed by atoms with E-state index in [1.165, 1.54) is 0 Å². The van der Waals surface area contributed by atoms with Crippen LogP contribution in [-0.4, -0.2) is 85.2 Å². The monoisotopic (exact) mass is 334 g/mol. The van der Waals surface area contributed by atoms with Crippen molar-refractivity contribution in [3.05, 3.63) is 0 Å². The van der Waals surface area contributed by atoms with E-state index in [1.54, 1.807) is 0 Å². The second-order valence-corrected chi connectivity index (χ2v) is 2.63. The molecule has 0 amide bonds. The van der Waals surface area contributed by atoms with Crippen LogP contribution in [0.3, 0.4) is 0 Å². The fraction of sp³-hybridized carbons (Fsp3) is 0.143. The predicted molar refractivity (Wildman–Crippen MR) is 46.5 cm³/mol. The maximum atomic E-state index is 10.7. The minimum Gasteiger partial charge on any atom is -0.539 e. The van der Waals surface area contributed by atoms with Gasteiger partial charge >= 0.3 is 67.8 Å². The van der Waals surface area contributed by atoms with Gasteiger partial charge in [0, 0.05) is 0 Å². The van der Waals surface area contributed by atoms with Gasteiger partial charge < -0.3 is 44.2 Å². The minimum absolute atomic E-state index is 0. The first-order chi connectivity index (χ1) is 8.67. The van der Waals surface area contributed by atoms with Crippen LogP contribution in [0.4, 0.5) is 0 Å². The zero-order valence-electron chi connectivity index (χ0n) is 9.61. The van der Waals surface area contributed by atoms with Crippen LogP contribution in [0.25, 0.3) is 0 Å². The molecule has 1 aliphatic rings. The van der Waals surface area contributed by atoms with Gasteiger partial charge in [-0.25, -0.2) is 19.2 Å². The molecule has 0 aromatic carbocycles. The number of hydrogen-bond donors (Lipinski definition) is 0. The molecule has 110 valence electrons. The van der Waals surface area contributed by atoms with Gasteiger partial charge in [0.05, 0.1) is 0 Å². The Morgan fingerprint density at radius 2 is 1.14 bits per heavy atom. The van der Waals surface area contributed by atoms with Crippen molar-refractivity contribution in [3.8, 4) is 0 Å². The van der Waals surface area contributed by atoms with Gasteiger partial charge in [-0.3, -0.25) is 0 Å². The Morgan fingerprint density at radius 3 is 1.38 bits per heavy atom. The summed E-state index contributed by atoms with van der Waals surface area (Å²) in [6.45, 7) is 0. The van der Waals surface area contributed by atoms with E-state index in [-0.39, 0.29) is 43.2 Å². The Morgan fingerprint density at radius 1 is 0.857 bits per heavy atom. The second kappa shape index (κ2) is 7.72. The molecule has 13 nitrogen and oxygen atoms in total. The topological polar surface area (TPSA) is 217 Å². The molecule has 0 unspecified atom stereocenters. The van der Waals surface area contributed by atoms with E-state index in [1.807, 2.05) is 0 Å². The summed E-state index contributed by atoms with van der Waals surface area (Å²) in [5.74, 6) is -13.2. The summed E-state index contributed by atoms with van der Waals surface area (Å²) in [5.41, 5.74) is 0. The molecule has 21 heavy (non-hydrogen) atoms. The average molecular weight is 334 g/mol. The first kappa shape index (κ1) is 21.3. The molecule has 1 rings (SSSR count). The summed E-state index contributed by atoms with van der Waals surface area (Å²) >= 11 is 0. The number of carbonyl (C=O) groups excluding carboxylic acids is 6. The van der Waals surface area contributed by atoms with Crippen molar-refractivity contribution >= 4 is 73.6 Å². The Hall–Kier alpha value is -1.96. The number of hydrogen-bond acceptors (Lipinski definition) is 12. The van der Waals surface area contributed by atoms with E-state index < -0.39 is 42.0 Å². The minimum atomic E-state index is -3.59. The van der Waals surface area contributed by atoms with Gasteiger partial charge in [-0.15, -0.1) is 0 Å². The fourth-order valence-corrected chi connectivity index (χ4v) is 0.746. The molecule has 1 fully saturated rings. The maximum absolute atomic E-state index is 10.7. The molecule has 0 bridgehead atoms. The number of carbonyl (C=O) groups is 6. The van der Waals surface area contributed by atoms with Crippen molar-refractivity contribution < 1.29 is 63.4 Å². The first-order valence-corrected chi connectivity index (χ1v) is 4.02. The molecule has 0 saturated carbocycles. The molecule has 0 spiro atoms. The molecule has 14 heteroatoms. The Kier molecular flexibility index (Phi) is 7.85. The molecule has 1 aliphatic heterocycles. The summed E-state index contributed by atoms with van der Waals surface area (Å²) in [4.78, 5) is 62.8. The Bertz CT molecular complexity index is 461. The first-order valence-electron chi connectivity index (χ1n) is 4.02. The maximum Gasteiger partial charge on any atom is 2.00 e. The largest absolute Gasteiger partial charge is 2.00 e. The predicted octanol–water partition coefficient (Wildman–Crippen LogP) is -6.92. The zero-order valence-corrected chi connectivity index (χ0v) is 11.8. The number of aliphatic carboxylic acids is 2. The average Bonchev–Trinajstić information content (AvgIpc) is 2.53. The third-order valence-corrected chi connectivity index (χ3v) is 1.37. The van der Waals surface area contributed by atoms with Crippen molar-refractivity contribution in [2.75, 3.05) is 0 Å². The Labute approximate surface area is 143 Å². The summed E-state index contributed by atoms with van der Waals surface area (Å²) in [7, 11) is 0. The van der Waals surface area contributed by atoms with Crippen LogP contribution in [0.1, 0.15) is 0 Å². The van der Waals surface area contributed by atoms with Crippen molar-refractivity contribution in [2.45, 2.75) is 6.16 Å². The number of ether oxygens (including phenoxy) is 4. The van der Waals surface area contributed by atoms with Crippen molar-refractivity contribution in [2.24, 2.45) is 0 Å². The van der Waals surface area contributed by atoms with Gasteiger partial charge in [0.2, 0.25) is 0 Å². The van der Waals surface area contributed by atoms with Gasteiger partial charge in [-0.1, -0.05) is 0 Å². The van der Waals surface area contributed by atoms with Crippen LogP contribution < -0.4 is 10.2 Å². The van der Waals surface area contributed by atoms with Gasteiger partial charge in [0.1, 0.15) is 0 Å². The third-order valence-electron chi connectivity index (χ3n) is 1.37. The SMILES string of the molecule is O.O=C([O-])C(=O)OC1(OC(=O)C(=O)[O-])OC(=O)C(=O)O1.[Ca+2]. The van der Waals surface area contributed by atoms with Crippen LogP contribution in [0.2, 0.25) is 0 Å². The summed E-state index contributed by atoms with van der Waals surface area (Å²) in [5, 5.41) is 20.2. The number of rotatable bonds is 2. The molecule has 0 aliphatic carbocycles. The molecule has 1 saturated heterocycles. The molecular weight excluding hydrogens is 332 g/mol. The normalized spacial score (nSPS) is 14.5. The smallest absolute Gasteiger partial charge is 0.539 e. The van der Waals surface area contributed by atoms with E-state index >= 15 is 0 Å². The van der Waals surface area contributed by atoms with E-state index in [2.05, 4.69) is 18.9 Å². The summed E-state index contributed by atoms with van der Waals surface area (Å²) in [6.07, 6.45) is -3.59. The van der Waals surface area contributed by atoms with Gasteiger partial charge in [-0.2, -0.15) is 0 Å². The molecule has 1 heterocycles. The molecule has 2 N–H and O–H groups in total. The standard InChI is InChI=1S/C7H2O12.Ca.H2O/c8-1(9)3(12)16-7(17-4(13)2(10)11)18-5(14)6(15)19-7;;/h(H,8,9)(H,10,11);;1H2/q;+2;/p-2. The van der Waals surface area contributed by atoms with Gasteiger partial charge in [0.25, 0.3) is 0 Å². The second-order valence-electron chi connectivity index (χ2n) is 2.63. The molecule has 0 atom stereocenters. The van der Waals surface area contributed by atoms with Crippen LogP contribution in [0, 0.1) is 0 Å². The quantitative estimate of drug-likeness (QED) is 0.199. The molecule has 0 aromatic heterocycles. The van der Waals surface area contributed by atoms with Crippen molar-refractivity contribution in [3.63, 3.8) is 0 Å². The fourth-order valence-electron chi connectivity index (χ4n) is 0.746. The van der Waals surface area contributed by atoms with E-state index in [0.29, 0.717) is 0 Å². The number of cyclic esters (lactones) is 2. The van der Waals surface area contributed by atoms with E-state index in [4.69, 9.17) is 0 Å². The molecular formula is C7H2CaO13.